The van der Waals surface area contributed by atoms with E-state index in [0.29, 0.717) is 10.8 Å². The summed E-state index contributed by atoms with van der Waals surface area (Å²) in [5.74, 6) is 3.00. The number of fused-ring (bicyclic) bond motifs is 1. The lowest BCUT2D eigenvalue weighted by Gasteiger charge is -2.45. The highest BCUT2D eigenvalue weighted by Crippen LogP contribution is 2.74. The molecule has 4 atom stereocenters. The van der Waals surface area contributed by atoms with Crippen molar-refractivity contribution in [3.8, 4) is 0 Å². The summed E-state index contributed by atoms with van der Waals surface area (Å²) in [6.07, 6.45) is 7.55. The maximum atomic E-state index is 2.58. The van der Waals surface area contributed by atoms with Crippen molar-refractivity contribution in [3.05, 3.63) is 0 Å². The number of rotatable bonds is 0. The molecule has 0 radical (unpaired) electrons. The van der Waals surface area contributed by atoms with Crippen molar-refractivity contribution in [1.29, 1.82) is 0 Å². The lowest BCUT2D eigenvalue weighted by molar-refractivity contribution is 0.0436. The van der Waals surface area contributed by atoms with Gasteiger partial charge in [0.2, 0.25) is 0 Å². The van der Waals surface area contributed by atoms with Crippen LogP contribution in [0, 0.1) is 34.0 Å². The molecule has 0 N–H and O–H groups in total. The first-order chi connectivity index (χ1) is 7.31. The largest absolute Gasteiger partial charge is 0.0620 e. The van der Waals surface area contributed by atoms with Gasteiger partial charge in [-0.05, 0) is 66.1 Å². The Labute approximate surface area is 101 Å². The van der Waals surface area contributed by atoms with Crippen LogP contribution in [0.3, 0.4) is 0 Å². The highest BCUT2D eigenvalue weighted by molar-refractivity contribution is 5.15. The molecule has 0 aromatic heterocycles. The molecule has 2 bridgehead atoms. The Morgan fingerprint density at radius 3 is 2.25 bits per heavy atom. The molecule has 3 saturated carbocycles. The van der Waals surface area contributed by atoms with Gasteiger partial charge < -0.3 is 0 Å². The molecule has 16 heavy (non-hydrogen) atoms. The summed E-state index contributed by atoms with van der Waals surface area (Å²) in [7, 11) is 0. The van der Waals surface area contributed by atoms with Crippen LogP contribution in [0.15, 0.2) is 0 Å². The van der Waals surface area contributed by atoms with Gasteiger partial charge in [0.05, 0.1) is 0 Å². The normalized spacial score (nSPS) is 52.7. The Kier molecular flexibility index (Phi) is 1.99. The second-order valence-electron chi connectivity index (χ2n) is 8.33. The van der Waals surface area contributed by atoms with Crippen LogP contribution in [0.25, 0.3) is 0 Å². The SMILES string of the molecule is C[C@@H]1CCC2C(C)(C)[C@H]3C[C@]21CCC3(C)C. The van der Waals surface area contributed by atoms with Gasteiger partial charge in [0, 0.05) is 0 Å². The lowest BCUT2D eigenvalue weighted by atomic mass is 9.60. The van der Waals surface area contributed by atoms with Crippen LogP contribution < -0.4 is 0 Å². The zero-order valence-electron chi connectivity index (χ0n) is 11.8. The average molecular weight is 220 g/mol. The van der Waals surface area contributed by atoms with Gasteiger partial charge in [0.1, 0.15) is 0 Å². The third-order valence-electron chi connectivity index (χ3n) is 7.12. The monoisotopic (exact) mass is 220 g/mol. The molecule has 3 aliphatic carbocycles. The Morgan fingerprint density at radius 1 is 0.875 bits per heavy atom. The molecule has 1 spiro atoms. The second-order valence-corrected chi connectivity index (χ2v) is 8.33. The number of hydrogen-bond donors (Lipinski definition) is 0. The smallest absolute Gasteiger partial charge is 0.0235 e. The van der Waals surface area contributed by atoms with Gasteiger partial charge in [-0.15, -0.1) is 0 Å². The fraction of sp³-hybridized carbons (Fsp3) is 1.00. The van der Waals surface area contributed by atoms with E-state index in [4.69, 9.17) is 0 Å². The van der Waals surface area contributed by atoms with E-state index >= 15 is 0 Å². The fourth-order valence-electron chi connectivity index (χ4n) is 6.21. The molecule has 0 heteroatoms. The van der Waals surface area contributed by atoms with E-state index in [1.54, 1.807) is 6.42 Å². The van der Waals surface area contributed by atoms with Gasteiger partial charge in [0.25, 0.3) is 0 Å². The molecule has 92 valence electrons. The van der Waals surface area contributed by atoms with Crippen molar-refractivity contribution < 1.29 is 0 Å². The van der Waals surface area contributed by atoms with E-state index in [9.17, 15) is 0 Å². The van der Waals surface area contributed by atoms with Crippen molar-refractivity contribution in [3.63, 3.8) is 0 Å². The Balaban J connectivity index is 2.07. The summed E-state index contributed by atoms with van der Waals surface area (Å²) >= 11 is 0. The molecule has 3 fully saturated rings. The van der Waals surface area contributed by atoms with Crippen LogP contribution in [0.1, 0.15) is 66.7 Å². The van der Waals surface area contributed by atoms with Crippen molar-refractivity contribution in [2.24, 2.45) is 34.0 Å². The minimum Gasteiger partial charge on any atom is -0.0620 e. The molecule has 0 aromatic carbocycles. The van der Waals surface area contributed by atoms with Gasteiger partial charge in [-0.1, -0.05) is 34.6 Å². The lowest BCUT2D eigenvalue weighted by Crippen LogP contribution is -2.36. The summed E-state index contributed by atoms with van der Waals surface area (Å²) in [5.41, 5.74) is 1.95. The molecule has 0 aromatic rings. The highest BCUT2D eigenvalue weighted by atomic mass is 14.7. The fourth-order valence-corrected chi connectivity index (χ4v) is 6.21. The topological polar surface area (TPSA) is 0 Å². The molecule has 0 heterocycles. The first-order valence-corrected chi connectivity index (χ1v) is 7.31. The first-order valence-electron chi connectivity index (χ1n) is 7.31. The molecular formula is C16H28. The summed E-state index contributed by atoms with van der Waals surface area (Å²) in [6, 6.07) is 0. The van der Waals surface area contributed by atoms with E-state index in [0.717, 1.165) is 23.2 Å². The van der Waals surface area contributed by atoms with Gasteiger partial charge in [-0.2, -0.15) is 0 Å². The van der Waals surface area contributed by atoms with Gasteiger partial charge in [-0.25, -0.2) is 0 Å². The van der Waals surface area contributed by atoms with Crippen LogP contribution in [-0.2, 0) is 0 Å². The molecule has 3 rings (SSSR count). The third kappa shape index (κ3) is 1.07. The quantitative estimate of drug-likeness (QED) is 0.545. The van der Waals surface area contributed by atoms with E-state index in [2.05, 4.69) is 34.6 Å². The molecule has 0 aliphatic heterocycles. The Morgan fingerprint density at radius 2 is 1.56 bits per heavy atom. The first kappa shape index (κ1) is 11.1. The summed E-state index contributed by atoms with van der Waals surface area (Å²) in [5, 5.41) is 0. The van der Waals surface area contributed by atoms with Crippen molar-refractivity contribution in [2.45, 2.75) is 66.7 Å². The van der Waals surface area contributed by atoms with Crippen LogP contribution in [0.5, 0.6) is 0 Å². The van der Waals surface area contributed by atoms with E-state index in [-0.39, 0.29) is 0 Å². The summed E-state index contributed by atoms with van der Waals surface area (Å²) in [4.78, 5) is 0. The van der Waals surface area contributed by atoms with Crippen LogP contribution in [0.4, 0.5) is 0 Å². The molecule has 1 unspecified atom stereocenters. The van der Waals surface area contributed by atoms with Crippen molar-refractivity contribution >= 4 is 0 Å². The minimum atomic E-state index is 0.596. The zero-order valence-corrected chi connectivity index (χ0v) is 11.8. The minimum absolute atomic E-state index is 0.596. The Hall–Kier alpha value is 0. The summed E-state index contributed by atoms with van der Waals surface area (Å²) < 4.78 is 0. The predicted molar refractivity (Wildman–Crippen MR) is 69.2 cm³/mol. The van der Waals surface area contributed by atoms with Crippen molar-refractivity contribution in [2.75, 3.05) is 0 Å². The van der Waals surface area contributed by atoms with Gasteiger partial charge in [-0.3, -0.25) is 0 Å². The van der Waals surface area contributed by atoms with Crippen molar-refractivity contribution in [1.82, 2.24) is 0 Å². The second kappa shape index (κ2) is 2.87. The highest BCUT2D eigenvalue weighted by Gasteiger charge is 2.66. The Bertz CT molecular complexity index is 308. The molecule has 0 nitrogen and oxygen atoms in total. The molecule has 0 amide bonds. The maximum absolute atomic E-state index is 2.58. The van der Waals surface area contributed by atoms with E-state index < -0.39 is 0 Å². The maximum Gasteiger partial charge on any atom is -0.0235 e. The van der Waals surface area contributed by atoms with E-state index in [1.165, 1.54) is 25.7 Å². The van der Waals surface area contributed by atoms with Gasteiger partial charge >= 0.3 is 0 Å². The number of hydrogen-bond acceptors (Lipinski definition) is 0. The molecular weight excluding hydrogens is 192 g/mol. The standard InChI is InChI=1S/C16H28/c1-11-6-7-12-15(4,5)13-10-16(11,12)9-8-14(13,2)3/h11-13H,6-10H2,1-5H3/t11-,12?,13+,16+/m1/s1. The zero-order chi connectivity index (χ0) is 11.8. The average Bonchev–Trinajstić information content (AvgIpc) is 2.58. The van der Waals surface area contributed by atoms with Gasteiger partial charge in [0.15, 0.2) is 0 Å². The van der Waals surface area contributed by atoms with E-state index in [1.807, 2.05) is 0 Å². The van der Waals surface area contributed by atoms with Crippen LogP contribution in [-0.4, -0.2) is 0 Å². The van der Waals surface area contributed by atoms with Crippen LogP contribution >= 0.6 is 0 Å². The van der Waals surface area contributed by atoms with Crippen LogP contribution in [0.2, 0.25) is 0 Å². The third-order valence-corrected chi connectivity index (χ3v) is 7.12. The summed E-state index contributed by atoms with van der Waals surface area (Å²) in [6.45, 7) is 12.7. The predicted octanol–water partition coefficient (Wildman–Crippen LogP) is 4.89. The molecule has 3 aliphatic rings. The molecule has 0 saturated heterocycles.